The maximum atomic E-state index is 13.3. The molecule has 8 heteroatoms. The van der Waals surface area contributed by atoms with Crippen LogP contribution in [0.15, 0.2) is 84.0 Å². The maximum Gasteiger partial charge on any atom is 0.264 e. The molecule has 3 aromatic rings. The van der Waals surface area contributed by atoms with Crippen molar-refractivity contribution in [1.29, 1.82) is 0 Å². The van der Waals surface area contributed by atoms with Gasteiger partial charge < -0.3 is 10.1 Å². The van der Waals surface area contributed by atoms with Gasteiger partial charge >= 0.3 is 0 Å². The average molecular weight is 411 g/mol. The first-order valence-corrected chi connectivity index (χ1v) is 10.3. The molecule has 0 aliphatic rings. The third kappa shape index (κ3) is 4.91. The Bertz CT molecular complexity index is 1060. The van der Waals surface area contributed by atoms with Gasteiger partial charge in [-0.05, 0) is 35.9 Å². The molecule has 2 aromatic carbocycles. The van der Waals surface area contributed by atoms with E-state index in [0.717, 1.165) is 9.87 Å². The number of anilines is 1. The second-order valence-electron chi connectivity index (χ2n) is 6.13. The minimum Gasteiger partial charge on any atom is -0.495 e. The Morgan fingerprint density at radius 3 is 2.45 bits per heavy atom. The second kappa shape index (κ2) is 9.20. The molecule has 0 bridgehead atoms. The van der Waals surface area contributed by atoms with Crippen molar-refractivity contribution < 1.29 is 17.9 Å². The van der Waals surface area contributed by atoms with Gasteiger partial charge in [0.2, 0.25) is 5.91 Å². The number of carbonyl (C=O) groups is 1. The Morgan fingerprint density at radius 2 is 1.76 bits per heavy atom. The van der Waals surface area contributed by atoms with Crippen LogP contribution in [0.2, 0.25) is 0 Å². The maximum absolute atomic E-state index is 13.3. The molecule has 0 radical (unpaired) electrons. The van der Waals surface area contributed by atoms with Gasteiger partial charge in [0, 0.05) is 18.9 Å². The highest BCUT2D eigenvalue weighted by Gasteiger charge is 2.29. The first-order valence-electron chi connectivity index (χ1n) is 8.89. The zero-order chi connectivity index (χ0) is 20.7. The SMILES string of the molecule is COc1ccccc1N(CC(=O)NCc1cccnc1)S(=O)(=O)c1ccccc1. The van der Waals surface area contributed by atoms with E-state index in [1.807, 2.05) is 6.07 Å². The standard InChI is InChI=1S/C21H21N3O4S/c1-28-20-12-6-5-11-19(20)24(29(26,27)18-9-3-2-4-10-18)16-21(25)23-15-17-8-7-13-22-14-17/h2-14H,15-16H2,1H3,(H,23,25). The number of pyridine rings is 1. The van der Waals surface area contributed by atoms with Gasteiger partial charge in [0.05, 0.1) is 17.7 Å². The van der Waals surface area contributed by atoms with Crippen molar-refractivity contribution in [3.8, 4) is 5.75 Å². The van der Waals surface area contributed by atoms with Crippen LogP contribution in [0.3, 0.4) is 0 Å². The molecule has 1 aromatic heterocycles. The molecule has 0 spiro atoms. The van der Waals surface area contributed by atoms with Crippen molar-refractivity contribution in [2.45, 2.75) is 11.4 Å². The van der Waals surface area contributed by atoms with Gasteiger partial charge in [-0.3, -0.25) is 14.1 Å². The smallest absolute Gasteiger partial charge is 0.264 e. The van der Waals surface area contributed by atoms with Crippen molar-refractivity contribution in [3.63, 3.8) is 0 Å². The predicted octanol–water partition coefficient (Wildman–Crippen LogP) is 2.60. The molecule has 150 valence electrons. The molecular weight excluding hydrogens is 390 g/mol. The number of methoxy groups -OCH3 is 1. The minimum atomic E-state index is -3.98. The van der Waals surface area contributed by atoms with Crippen LogP contribution in [0, 0.1) is 0 Å². The first-order chi connectivity index (χ1) is 14.0. The van der Waals surface area contributed by atoms with Gasteiger partial charge in [-0.25, -0.2) is 8.42 Å². The summed E-state index contributed by atoms with van der Waals surface area (Å²) < 4.78 is 33.0. The van der Waals surface area contributed by atoms with Crippen LogP contribution in [0.4, 0.5) is 5.69 Å². The summed E-state index contributed by atoms with van der Waals surface area (Å²) in [7, 11) is -2.53. The van der Waals surface area contributed by atoms with E-state index in [2.05, 4.69) is 10.3 Å². The van der Waals surface area contributed by atoms with Gasteiger partial charge in [0.1, 0.15) is 12.3 Å². The zero-order valence-corrected chi connectivity index (χ0v) is 16.7. The number of ether oxygens (including phenoxy) is 1. The van der Waals surface area contributed by atoms with Gasteiger partial charge in [-0.15, -0.1) is 0 Å². The molecule has 3 rings (SSSR count). The number of aromatic nitrogens is 1. The molecule has 0 saturated carbocycles. The van der Waals surface area contributed by atoms with Crippen molar-refractivity contribution >= 4 is 21.6 Å². The average Bonchev–Trinajstić information content (AvgIpc) is 2.77. The highest BCUT2D eigenvalue weighted by atomic mass is 32.2. The monoisotopic (exact) mass is 411 g/mol. The molecule has 1 N–H and O–H groups in total. The third-order valence-corrected chi connectivity index (χ3v) is 5.96. The molecule has 0 fully saturated rings. The normalized spacial score (nSPS) is 10.9. The van der Waals surface area contributed by atoms with E-state index in [-0.39, 0.29) is 17.1 Å². The van der Waals surface area contributed by atoms with Gasteiger partial charge in [-0.1, -0.05) is 36.4 Å². The quantitative estimate of drug-likeness (QED) is 0.616. The summed E-state index contributed by atoms with van der Waals surface area (Å²) in [6.45, 7) is -0.143. The summed E-state index contributed by atoms with van der Waals surface area (Å²) in [5.41, 5.74) is 1.10. The number of sulfonamides is 1. The van der Waals surface area contributed by atoms with E-state index < -0.39 is 22.5 Å². The fourth-order valence-electron chi connectivity index (χ4n) is 2.74. The highest BCUT2D eigenvalue weighted by molar-refractivity contribution is 7.92. The van der Waals surface area contributed by atoms with Crippen molar-refractivity contribution in [2.75, 3.05) is 18.0 Å². The van der Waals surface area contributed by atoms with Crippen molar-refractivity contribution in [2.24, 2.45) is 0 Å². The number of carbonyl (C=O) groups excluding carboxylic acids is 1. The summed E-state index contributed by atoms with van der Waals surface area (Å²) in [5.74, 6) is -0.0914. The molecule has 29 heavy (non-hydrogen) atoms. The lowest BCUT2D eigenvalue weighted by Gasteiger charge is -2.25. The lowest BCUT2D eigenvalue weighted by molar-refractivity contribution is -0.119. The number of nitrogens with one attached hydrogen (secondary N) is 1. The molecule has 1 heterocycles. The van der Waals surface area contributed by atoms with Crippen LogP contribution >= 0.6 is 0 Å². The Hall–Kier alpha value is -3.39. The fraction of sp³-hybridized carbons (Fsp3) is 0.143. The number of rotatable bonds is 8. The number of nitrogens with zero attached hydrogens (tertiary/aromatic N) is 2. The molecule has 0 atom stereocenters. The Labute approximate surface area is 170 Å². The van der Waals surface area contributed by atoms with Crippen LogP contribution < -0.4 is 14.4 Å². The van der Waals surface area contributed by atoms with Crippen molar-refractivity contribution in [3.05, 3.63) is 84.7 Å². The third-order valence-electron chi connectivity index (χ3n) is 4.18. The Balaban J connectivity index is 1.90. The van der Waals surface area contributed by atoms with Crippen LogP contribution in [0.1, 0.15) is 5.56 Å². The van der Waals surface area contributed by atoms with Gasteiger partial charge in [-0.2, -0.15) is 0 Å². The van der Waals surface area contributed by atoms with Crippen LogP contribution in [-0.4, -0.2) is 33.0 Å². The summed E-state index contributed by atoms with van der Waals surface area (Å²) in [6, 6.07) is 18.3. The summed E-state index contributed by atoms with van der Waals surface area (Å²) in [6.07, 6.45) is 3.28. The molecule has 0 aliphatic heterocycles. The molecule has 0 saturated heterocycles. The largest absolute Gasteiger partial charge is 0.495 e. The topological polar surface area (TPSA) is 88.6 Å². The van der Waals surface area contributed by atoms with E-state index >= 15 is 0 Å². The van der Waals surface area contributed by atoms with E-state index in [9.17, 15) is 13.2 Å². The number of benzene rings is 2. The molecule has 1 amide bonds. The minimum absolute atomic E-state index is 0.0889. The van der Waals surface area contributed by atoms with E-state index in [1.165, 1.54) is 19.2 Å². The van der Waals surface area contributed by atoms with E-state index in [0.29, 0.717) is 5.75 Å². The van der Waals surface area contributed by atoms with Crippen molar-refractivity contribution in [1.82, 2.24) is 10.3 Å². The Kier molecular flexibility index (Phi) is 6.46. The Morgan fingerprint density at radius 1 is 1.03 bits per heavy atom. The molecular formula is C21H21N3O4S. The van der Waals surface area contributed by atoms with E-state index in [1.54, 1.807) is 60.9 Å². The van der Waals surface area contributed by atoms with Crippen LogP contribution in [-0.2, 0) is 21.4 Å². The summed E-state index contributed by atoms with van der Waals surface area (Å²) >= 11 is 0. The van der Waals surface area contributed by atoms with Crippen LogP contribution in [0.25, 0.3) is 0 Å². The fourth-order valence-corrected chi connectivity index (χ4v) is 4.20. The number of hydrogen-bond acceptors (Lipinski definition) is 5. The van der Waals surface area contributed by atoms with Gasteiger partial charge in [0.15, 0.2) is 0 Å². The lowest BCUT2D eigenvalue weighted by Crippen LogP contribution is -2.40. The number of amides is 1. The molecule has 0 aliphatic carbocycles. The predicted molar refractivity (Wildman–Crippen MR) is 110 cm³/mol. The lowest BCUT2D eigenvalue weighted by atomic mass is 10.3. The highest BCUT2D eigenvalue weighted by Crippen LogP contribution is 2.31. The van der Waals surface area contributed by atoms with E-state index in [4.69, 9.17) is 4.74 Å². The summed E-state index contributed by atoms with van der Waals surface area (Å²) in [5, 5.41) is 2.73. The summed E-state index contributed by atoms with van der Waals surface area (Å²) in [4.78, 5) is 16.7. The first kappa shape index (κ1) is 20.3. The second-order valence-corrected chi connectivity index (χ2v) is 8.00. The van der Waals surface area contributed by atoms with Gasteiger partial charge in [0.25, 0.3) is 10.0 Å². The molecule has 0 unspecified atom stereocenters. The van der Waals surface area contributed by atoms with Crippen LogP contribution in [0.5, 0.6) is 5.75 Å². The number of para-hydroxylation sites is 2. The number of hydrogen-bond donors (Lipinski definition) is 1. The molecule has 7 nitrogen and oxygen atoms in total. The zero-order valence-electron chi connectivity index (χ0n) is 15.9.